The van der Waals surface area contributed by atoms with Gasteiger partial charge in [0.15, 0.2) is 0 Å². The minimum absolute atomic E-state index is 0.00316. The minimum Gasteiger partial charge on any atom is -0.388 e. The molecule has 0 radical (unpaired) electrons. The molecule has 3 N–H and O–H groups in total. The van der Waals surface area contributed by atoms with E-state index in [9.17, 15) is 5.11 Å². The van der Waals surface area contributed by atoms with Gasteiger partial charge in [-0.25, -0.2) is 0 Å². The van der Waals surface area contributed by atoms with Crippen LogP contribution in [0.2, 0.25) is 0 Å². The summed E-state index contributed by atoms with van der Waals surface area (Å²) < 4.78 is 6.32. The van der Waals surface area contributed by atoms with Gasteiger partial charge in [0.1, 0.15) is 0 Å². The van der Waals surface area contributed by atoms with E-state index in [4.69, 9.17) is 10.5 Å². The van der Waals surface area contributed by atoms with E-state index < -0.39 is 5.60 Å². The first-order chi connectivity index (χ1) is 9.41. The molecule has 20 heavy (non-hydrogen) atoms. The quantitative estimate of drug-likeness (QED) is 0.882. The number of nitrogens with zero attached hydrogens (tertiary/aromatic N) is 1. The fourth-order valence-corrected chi connectivity index (χ4v) is 3.29. The van der Waals surface area contributed by atoms with E-state index in [1.807, 2.05) is 26.1 Å². The van der Waals surface area contributed by atoms with E-state index in [0.29, 0.717) is 32.6 Å². The maximum Gasteiger partial charge on any atom is 0.0865 e. The predicted molar refractivity (Wildman–Crippen MR) is 85.0 cm³/mol. The van der Waals surface area contributed by atoms with Crippen molar-refractivity contribution >= 4 is 21.6 Å². The molecular weight excluding hydrogens is 320 g/mol. The van der Waals surface area contributed by atoms with Crippen LogP contribution in [0.1, 0.15) is 31.4 Å². The largest absolute Gasteiger partial charge is 0.388 e. The first-order valence-electron chi connectivity index (χ1n) is 6.98. The fraction of sp³-hybridized carbons (Fsp3) is 0.600. The second-order valence-corrected chi connectivity index (χ2v) is 6.54. The second kappa shape index (κ2) is 6.43. The third-order valence-corrected chi connectivity index (χ3v) is 4.56. The molecule has 0 amide bonds. The van der Waals surface area contributed by atoms with Crippen LogP contribution in [0.5, 0.6) is 0 Å². The van der Waals surface area contributed by atoms with Gasteiger partial charge in [-0.2, -0.15) is 0 Å². The molecule has 112 valence electrons. The topological polar surface area (TPSA) is 58.7 Å². The number of benzene rings is 1. The number of rotatable bonds is 4. The number of halogens is 1. The minimum atomic E-state index is -0.653. The Hall–Kier alpha value is -0.620. The van der Waals surface area contributed by atoms with E-state index in [1.54, 1.807) is 0 Å². The average Bonchev–Trinajstić information content (AvgIpc) is 2.38. The van der Waals surface area contributed by atoms with Crippen molar-refractivity contribution in [2.75, 3.05) is 31.7 Å². The van der Waals surface area contributed by atoms with Crippen molar-refractivity contribution in [3.8, 4) is 0 Å². The first-order valence-corrected chi connectivity index (χ1v) is 7.77. The van der Waals surface area contributed by atoms with E-state index >= 15 is 0 Å². The van der Waals surface area contributed by atoms with Gasteiger partial charge in [0, 0.05) is 55.8 Å². The third kappa shape index (κ3) is 3.73. The molecule has 2 rings (SSSR count). The van der Waals surface area contributed by atoms with Crippen LogP contribution >= 0.6 is 15.9 Å². The second-order valence-electron chi connectivity index (χ2n) is 5.69. The summed E-state index contributed by atoms with van der Waals surface area (Å²) in [5.74, 6) is 0. The number of hydrogen-bond acceptors (Lipinski definition) is 4. The van der Waals surface area contributed by atoms with E-state index in [2.05, 4.69) is 26.9 Å². The fourth-order valence-electron chi connectivity index (χ4n) is 2.57. The number of aliphatic hydroxyl groups is 1. The highest BCUT2D eigenvalue weighted by Gasteiger charge is 2.31. The highest BCUT2D eigenvalue weighted by molar-refractivity contribution is 9.10. The van der Waals surface area contributed by atoms with E-state index in [0.717, 1.165) is 15.7 Å². The summed E-state index contributed by atoms with van der Waals surface area (Å²) in [6.07, 6.45) is 1.38. The van der Waals surface area contributed by atoms with Crippen molar-refractivity contribution < 1.29 is 9.84 Å². The lowest BCUT2D eigenvalue weighted by Gasteiger charge is -2.36. The number of nitrogens with two attached hydrogens (primary N) is 1. The molecule has 1 saturated heterocycles. The Morgan fingerprint density at radius 3 is 2.65 bits per heavy atom. The van der Waals surface area contributed by atoms with Crippen molar-refractivity contribution in [3.05, 3.63) is 28.2 Å². The molecule has 1 aromatic carbocycles. The summed E-state index contributed by atoms with van der Waals surface area (Å²) in [6.45, 7) is 3.85. The van der Waals surface area contributed by atoms with Crippen LogP contribution < -0.4 is 10.6 Å². The maximum atomic E-state index is 10.6. The predicted octanol–water partition coefficient (Wildman–Crippen LogP) is 2.45. The van der Waals surface area contributed by atoms with E-state index in [1.165, 1.54) is 0 Å². The molecule has 0 spiro atoms. The van der Waals surface area contributed by atoms with Crippen molar-refractivity contribution in [1.82, 2.24) is 0 Å². The number of anilines is 1. The van der Waals surface area contributed by atoms with Crippen molar-refractivity contribution in [2.45, 2.75) is 31.4 Å². The van der Waals surface area contributed by atoms with E-state index in [-0.39, 0.29) is 6.04 Å². The first kappa shape index (κ1) is 15.8. The Labute approximate surface area is 129 Å². The van der Waals surface area contributed by atoms with Gasteiger partial charge >= 0.3 is 0 Å². The van der Waals surface area contributed by atoms with Crippen LogP contribution in [0.15, 0.2) is 22.7 Å². The van der Waals surface area contributed by atoms with Gasteiger partial charge in [-0.05, 0) is 24.6 Å². The molecule has 1 atom stereocenters. The molecular formula is C15H23BrN2O2. The third-order valence-electron chi connectivity index (χ3n) is 3.87. The Morgan fingerprint density at radius 2 is 2.10 bits per heavy atom. The molecule has 1 aliphatic rings. The lowest BCUT2D eigenvalue weighted by molar-refractivity contribution is -0.0572. The number of ether oxygens (including phenoxy) is 1. The van der Waals surface area contributed by atoms with Crippen molar-refractivity contribution in [1.29, 1.82) is 0 Å². The summed E-state index contributed by atoms with van der Waals surface area (Å²) in [5.41, 5.74) is 7.42. The highest BCUT2D eigenvalue weighted by atomic mass is 79.9. The Kier molecular flexibility index (Phi) is 5.07. The molecule has 0 aliphatic carbocycles. The molecule has 0 saturated carbocycles. The lowest BCUT2D eigenvalue weighted by Crippen LogP contribution is -2.45. The highest BCUT2D eigenvalue weighted by Crippen LogP contribution is 2.29. The summed E-state index contributed by atoms with van der Waals surface area (Å²) in [6, 6.07) is 6.14. The summed E-state index contributed by atoms with van der Waals surface area (Å²) >= 11 is 3.57. The van der Waals surface area contributed by atoms with Gasteiger partial charge in [0.2, 0.25) is 0 Å². The van der Waals surface area contributed by atoms with Gasteiger partial charge in [0.25, 0.3) is 0 Å². The molecule has 5 heteroatoms. The normalized spacial score (nSPS) is 19.6. The molecule has 4 nitrogen and oxygen atoms in total. The smallest absolute Gasteiger partial charge is 0.0865 e. The Balaban J connectivity index is 2.09. The van der Waals surface area contributed by atoms with Crippen LogP contribution in [0.4, 0.5) is 5.69 Å². The zero-order valence-corrected chi connectivity index (χ0v) is 13.7. The molecule has 1 aliphatic heterocycles. The summed E-state index contributed by atoms with van der Waals surface area (Å²) in [5, 5.41) is 10.6. The molecule has 1 aromatic rings. The van der Waals surface area contributed by atoms with Crippen molar-refractivity contribution in [2.24, 2.45) is 5.73 Å². The zero-order chi connectivity index (χ0) is 14.8. The van der Waals surface area contributed by atoms with Crippen LogP contribution in [-0.2, 0) is 4.74 Å². The van der Waals surface area contributed by atoms with Gasteiger partial charge in [0.05, 0.1) is 5.60 Å². The Morgan fingerprint density at radius 1 is 1.45 bits per heavy atom. The van der Waals surface area contributed by atoms with Crippen LogP contribution in [0.25, 0.3) is 0 Å². The standard InChI is InChI=1S/C15H23BrN2O2/c1-11(17)13-4-3-12(9-14(13)16)18(2)10-15(19)5-7-20-8-6-15/h3-4,9,11,19H,5-8,10,17H2,1-2H3/t11-/m0/s1. The summed E-state index contributed by atoms with van der Waals surface area (Å²) in [7, 11) is 2.00. The monoisotopic (exact) mass is 342 g/mol. The maximum absolute atomic E-state index is 10.6. The molecule has 0 aromatic heterocycles. The van der Waals surface area contributed by atoms with Crippen LogP contribution in [-0.4, -0.2) is 37.5 Å². The Bertz CT molecular complexity index is 459. The number of likely N-dealkylation sites (N-methyl/N-ethyl adjacent to an activating group) is 1. The average molecular weight is 343 g/mol. The molecule has 0 unspecified atom stereocenters. The molecule has 1 heterocycles. The van der Waals surface area contributed by atoms with Crippen molar-refractivity contribution in [3.63, 3.8) is 0 Å². The SMILES string of the molecule is C[C@H](N)c1ccc(N(C)CC2(O)CCOCC2)cc1Br. The van der Waals surface area contributed by atoms with Gasteiger partial charge in [-0.1, -0.05) is 22.0 Å². The van der Waals surface area contributed by atoms with Gasteiger partial charge < -0.3 is 20.5 Å². The van der Waals surface area contributed by atoms with Gasteiger partial charge in [-0.3, -0.25) is 0 Å². The zero-order valence-electron chi connectivity index (χ0n) is 12.1. The van der Waals surface area contributed by atoms with Crippen LogP contribution in [0.3, 0.4) is 0 Å². The van der Waals surface area contributed by atoms with Crippen LogP contribution in [0, 0.1) is 0 Å². The summed E-state index contributed by atoms with van der Waals surface area (Å²) in [4.78, 5) is 2.08. The molecule has 1 fully saturated rings. The number of hydrogen-bond donors (Lipinski definition) is 2. The van der Waals surface area contributed by atoms with Gasteiger partial charge in [-0.15, -0.1) is 0 Å². The molecule has 0 bridgehead atoms. The lowest BCUT2D eigenvalue weighted by atomic mass is 9.93.